The Morgan fingerprint density at radius 2 is 1.30 bits per heavy atom. The Labute approximate surface area is 259 Å². The highest BCUT2D eigenvalue weighted by molar-refractivity contribution is 5.75. The second kappa shape index (κ2) is 22.1. The van der Waals surface area contributed by atoms with Gasteiger partial charge in [0.1, 0.15) is 0 Å². The van der Waals surface area contributed by atoms with Gasteiger partial charge in [0.05, 0.1) is 12.4 Å². The van der Waals surface area contributed by atoms with Crippen molar-refractivity contribution in [3.63, 3.8) is 0 Å². The van der Waals surface area contributed by atoms with Gasteiger partial charge in [-0.25, -0.2) is 9.78 Å². The molecule has 0 aromatic carbocycles. The topological polar surface area (TPSA) is 111 Å². The molecule has 0 aliphatic rings. The second-order valence-electron chi connectivity index (χ2n) is 12.5. The van der Waals surface area contributed by atoms with Crippen LogP contribution in [0.5, 0.6) is 0 Å². The minimum atomic E-state index is -0.478. The van der Waals surface area contributed by atoms with E-state index in [0.29, 0.717) is 37.1 Å². The SMILES string of the molecule is CCCCCCCCCCCCCCCC(=O)NCC(O)CCCCCCCCCn1c(=O)c2c(ncn2C)n(C)c1=O. The van der Waals surface area contributed by atoms with Gasteiger partial charge in [-0.2, -0.15) is 0 Å². The maximum Gasteiger partial charge on any atom is 0.332 e. The first kappa shape index (κ1) is 36.8. The third kappa shape index (κ3) is 14.3. The van der Waals surface area contributed by atoms with Gasteiger partial charge in [0.15, 0.2) is 11.2 Å². The van der Waals surface area contributed by atoms with E-state index in [0.717, 1.165) is 57.8 Å². The first-order chi connectivity index (χ1) is 20.9. The van der Waals surface area contributed by atoms with Crippen molar-refractivity contribution in [2.24, 2.45) is 14.1 Å². The smallest absolute Gasteiger partial charge is 0.332 e. The molecule has 1 atom stereocenters. The molecule has 0 aliphatic carbocycles. The fraction of sp³-hybridized carbons (Fsp3) is 0.824. The lowest BCUT2D eigenvalue weighted by Crippen LogP contribution is -2.39. The van der Waals surface area contributed by atoms with E-state index < -0.39 is 6.10 Å². The van der Waals surface area contributed by atoms with Crippen LogP contribution in [0.4, 0.5) is 0 Å². The Balaban J connectivity index is 1.39. The molecule has 1 amide bonds. The molecule has 2 rings (SSSR count). The number of imidazole rings is 1. The molecule has 0 radical (unpaired) electrons. The van der Waals surface area contributed by atoms with Crippen molar-refractivity contribution in [3.8, 4) is 0 Å². The van der Waals surface area contributed by atoms with E-state index in [2.05, 4.69) is 17.2 Å². The van der Waals surface area contributed by atoms with E-state index in [1.807, 2.05) is 0 Å². The highest BCUT2D eigenvalue weighted by Gasteiger charge is 2.14. The molecule has 0 bridgehead atoms. The van der Waals surface area contributed by atoms with Gasteiger partial charge in [-0.1, -0.05) is 122 Å². The number of unbranched alkanes of at least 4 members (excludes halogenated alkanes) is 18. The third-order valence-electron chi connectivity index (χ3n) is 8.66. The van der Waals surface area contributed by atoms with Gasteiger partial charge in [-0.05, 0) is 19.3 Å². The summed E-state index contributed by atoms with van der Waals surface area (Å²) in [4.78, 5) is 41.6. The van der Waals surface area contributed by atoms with Crippen LogP contribution in [0.3, 0.4) is 0 Å². The van der Waals surface area contributed by atoms with E-state index in [9.17, 15) is 19.5 Å². The normalized spacial score (nSPS) is 12.3. The van der Waals surface area contributed by atoms with E-state index in [-0.39, 0.29) is 17.2 Å². The molecule has 0 aliphatic heterocycles. The van der Waals surface area contributed by atoms with Crippen LogP contribution >= 0.6 is 0 Å². The van der Waals surface area contributed by atoms with Crippen LogP contribution in [-0.2, 0) is 25.4 Å². The zero-order valence-corrected chi connectivity index (χ0v) is 27.6. The Kier molecular flexibility index (Phi) is 18.9. The summed E-state index contributed by atoms with van der Waals surface area (Å²) >= 11 is 0. The number of aromatic nitrogens is 4. The molecule has 0 spiro atoms. The van der Waals surface area contributed by atoms with Gasteiger partial charge in [0.2, 0.25) is 5.91 Å². The van der Waals surface area contributed by atoms with Crippen LogP contribution < -0.4 is 16.6 Å². The number of rotatable bonds is 26. The molecule has 9 heteroatoms. The molecular formula is C34H61N5O4. The number of hydrogen-bond acceptors (Lipinski definition) is 5. The van der Waals surface area contributed by atoms with E-state index >= 15 is 0 Å². The largest absolute Gasteiger partial charge is 0.391 e. The van der Waals surface area contributed by atoms with Gasteiger partial charge in [0, 0.05) is 33.6 Å². The average molecular weight is 604 g/mol. The predicted octanol–water partition coefficient (Wildman–Crippen LogP) is 6.51. The Hall–Kier alpha value is -2.42. The number of carbonyl (C=O) groups is 1. The molecule has 246 valence electrons. The van der Waals surface area contributed by atoms with Crippen LogP contribution in [0, 0.1) is 0 Å². The lowest BCUT2D eigenvalue weighted by molar-refractivity contribution is -0.121. The molecule has 43 heavy (non-hydrogen) atoms. The lowest BCUT2D eigenvalue weighted by atomic mass is 10.0. The van der Waals surface area contributed by atoms with Gasteiger partial charge in [-0.3, -0.25) is 18.7 Å². The molecule has 1 unspecified atom stereocenters. The van der Waals surface area contributed by atoms with Gasteiger partial charge in [0.25, 0.3) is 5.56 Å². The second-order valence-corrected chi connectivity index (χ2v) is 12.5. The summed E-state index contributed by atoms with van der Waals surface area (Å²) in [5.74, 6) is 0.0579. The summed E-state index contributed by atoms with van der Waals surface area (Å²) < 4.78 is 4.43. The average Bonchev–Trinajstić information content (AvgIpc) is 3.39. The van der Waals surface area contributed by atoms with E-state index in [4.69, 9.17) is 0 Å². The number of fused-ring (bicyclic) bond motifs is 1. The zero-order valence-electron chi connectivity index (χ0n) is 27.6. The van der Waals surface area contributed by atoms with Crippen LogP contribution in [0.25, 0.3) is 11.2 Å². The number of aryl methyl sites for hydroxylation is 2. The number of carbonyl (C=O) groups excluding carboxylic acids is 1. The van der Waals surface area contributed by atoms with Crippen molar-refractivity contribution >= 4 is 17.1 Å². The Morgan fingerprint density at radius 1 is 0.791 bits per heavy atom. The summed E-state index contributed by atoms with van der Waals surface area (Å²) in [5.41, 5.74) is 0.294. The van der Waals surface area contributed by atoms with Crippen molar-refractivity contribution in [2.45, 2.75) is 161 Å². The number of amides is 1. The number of aliphatic hydroxyl groups is 1. The molecule has 2 aromatic heterocycles. The maximum absolute atomic E-state index is 12.7. The molecule has 2 heterocycles. The van der Waals surface area contributed by atoms with Gasteiger partial charge >= 0.3 is 5.69 Å². The van der Waals surface area contributed by atoms with Crippen LogP contribution in [-0.4, -0.2) is 42.3 Å². The van der Waals surface area contributed by atoms with Crippen molar-refractivity contribution in [1.29, 1.82) is 0 Å². The minimum absolute atomic E-state index is 0.0579. The summed E-state index contributed by atoms with van der Waals surface area (Å²) in [5, 5.41) is 13.1. The molecule has 2 aromatic rings. The Morgan fingerprint density at radius 3 is 1.88 bits per heavy atom. The van der Waals surface area contributed by atoms with Crippen molar-refractivity contribution in [3.05, 3.63) is 27.2 Å². The number of nitrogens with one attached hydrogen (secondary N) is 1. The van der Waals surface area contributed by atoms with E-state index in [1.165, 1.54) is 79.8 Å². The fourth-order valence-corrected chi connectivity index (χ4v) is 5.85. The van der Waals surface area contributed by atoms with Crippen molar-refractivity contribution in [1.82, 2.24) is 24.0 Å². The standard InChI is InChI=1S/C34H61N5O4/c1-4-5-6-7-8-9-10-11-12-13-16-19-22-25-30(41)35-27-29(40)24-21-18-15-14-17-20-23-26-39-33(42)31-32(36-28-37(31)2)38(3)34(39)43/h28-29,40H,4-27H2,1-3H3,(H,35,41). The highest BCUT2D eigenvalue weighted by atomic mass is 16.3. The summed E-state index contributed by atoms with van der Waals surface area (Å²) in [6, 6.07) is 0. The van der Waals surface area contributed by atoms with Gasteiger partial charge in [-0.15, -0.1) is 0 Å². The molecule has 0 saturated heterocycles. The fourth-order valence-electron chi connectivity index (χ4n) is 5.85. The van der Waals surface area contributed by atoms with Crippen LogP contribution in [0.2, 0.25) is 0 Å². The van der Waals surface area contributed by atoms with E-state index in [1.54, 1.807) is 25.0 Å². The third-order valence-corrected chi connectivity index (χ3v) is 8.66. The number of nitrogens with zero attached hydrogens (tertiary/aromatic N) is 4. The monoisotopic (exact) mass is 603 g/mol. The predicted molar refractivity (Wildman–Crippen MR) is 176 cm³/mol. The van der Waals surface area contributed by atoms with Crippen LogP contribution in [0.15, 0.2) is 15.9 Å². The zero-order chi connectivity index (χ0) is 31.3. The number of aliphatic hydroxyl groups excluding tert-OH is 1. The minimum Gasteiger partial charge on any atom is -0.391 e. The van der Waals surface area contributed by atoms with Crippen LogP contribution in [0.1, 0.15) is 148 Å². The van der Waals surface area contributed by atoms with Gasteiger partial charge < -0.3 is 15.0 Å². The first-order valence-electron chi connectivity index (χ1n) is 17.4. The highest BCUT2D eigenvalue weighted by Crippen LogP contribution is 2.13. The van der Waals surface area contributed by atoms with Crippen molar-refractivity contribution in [2.75, 3.05) is 6.54 Å². The molecule has 2 N–H and O–H groups in total. The molecule has 0 fully saturated rings. The summed E-state index contributed by atoms with van der Waals surface area (Å²) in [6.45, 7) is 3.03. The molecule has 0 saturated carbocycles. The number of hydrogen-bond donors (Lipinski definition) is 2. The summed E-state index contributed by atoms with van der Waals surface area (Å²) in [6.07, 6.45) is 26.2. The lowest BCUT2D eigenvalue weighted by Gasteiger charge is -2.12. The van der Waals surface area contributed by atoms with Crippen molar-refractivity contribution < 1.29 is 9.90 Å². The maximum atomic E-state index is 12.7. The Bertz CT molecular complexity index is 1150. The molecular weight excluding hydrogens is 542 g/mol. The quantitative estimate of drug-likeness (QED) is 0.119. The first-order valence-corrected chi connectivity index (χ1v) is 17.4. The summed E-state index contributed by atoms with van der Waals surface area (Å²) in [7, 11) is 3.42. The molecule has 9 nitrogen and oxygen atoms in total.